The summed E-state index contributed by atoms with van der Waals surface area (Å²) in [5.74, 6) is 1.79. The lowest BCUT2D eigenvalue weighted by Gasteiger charge is -2.22. The van der Waals surface area contributed by atoms with Crippen LogP contribution >= 0.6 is 0 Å². The standard InChI is InChI=1S/C50H30N2O/c1-2-15-33(16-3-1)51-43-28-27-32(29-40(43)49-39-22-11-21-37-36-18-7-9-26-46(36)53-47(50(37)39)30-45(49)51)35-20-12-25-44-48(35)38-19-6-8-23-42(38)52(44)41-24-10-14-31-13-4-5-17-34(31)41/h1-30H. The van der Waals surface area contributed by atoms with Crippen molar-refractivity contribution in [3.8, 4) is 45.1 Å². The summed E-state index contributed by atoms with van der Waals surface area (Å²) < 4.78 is 11.5. The molecule has 1 aliphatic heterocycles. The lowest BCUT2D eigenvalue weighted by molar-refractivity contribution is 0.487. The van der Waals surface area contributed by atoms with E-state index < -0.39 is 0 Å². The van der Waals surface area contributed by atoms with E-state index in [2.05, 4.69) is 185 Å². The number of benzene rings is 9. The van der Waals surface area contributed by atoms with Crippen LogP contribution in [0.3, 0.4) is 0 Å². The highest BCUT2D eigenvalue weighted by atomic mass is 16.5. The Balaban J connectivity index is 1.18. The molecule has 0 N–H and O–H groups in total. The van der Waals surface area contributed by atoms with Gasteiger partial charge in [0, 0.05) is 49.6 Å². The zero-order valence-corrected chi connectivity index (χ0v) is 28.6. The summed E-state index contributed by atoms with van der Waals surface area (Å²) >= 11 is 0. The highest BCUT2D eigenvalue weighted by Gasteiger charge is 2.25. The fourth-order valence-electron chi connectivity index (χ4n) is 9.10. The minimum Gasteiger partial charge on any atom is -0.456 e. The number of ether oxygens (including phenoxy) is 1. The normalized spacial score (nSPS) is 12.3. The number of aromatic nitrogens is 2. The van der Waals surface area contributed by atoms with Gasteiger partial charge in [0.25, 0.3) is 0 Å². The molecule has 3 heterocycles. The third-order valence-corrected chi connectivity index (χ3v) is 11.3. The fraction of sp³-hybridized carbons (Fsp3) is 0. The van der Waals surface area contributed by atoms with E-state index in [9.17, 15) is 0 Å². The molecule has 0 fully saturated rings. The van der Waals surface area contributed by atoms with Crippen LogP contribution in [0.25, 0.3) is 98.8 Å². The molecule has 0 radical (unpaired) electrons. The van der Waals surface area contributed by atoms with Gasteiger partial charge in [0.2, 0.25) is 0 Å². The summed E-state index contributed by atoms with van der Waals surface area (Å²) in [6, 6.07) is 65.9. The smallest absolute Gasteiger partial charge is 0.138 e. The Kier molecular flexibility index (Phi) is 5.77. The highest BCUT2D eigenvalue weighted by molar-refractivity contribution is 6.26. The molecule has 53 heavy (non-hydrogen) atoms. The van der Waals surface area contributed by atoms with Crippen LogP contribution in [-0.4, -0.2) is 9.13 Å². The molecule has 0 aliphatic carbocycles. The van der Waals surface area contributed by atoms with Crippen LogP contribution in [0.4, 0.5) is 0 Å². The Morgan fingerprint density at radius 2 is 1.02 bits per heavy atom. The van der Waals surface area contributed by atoms with Gasteiger partial charge in [0.05, 0.1) is 27.8 Å². The Morgan fingerprint density at radius 3 is 1.96 bits per heavy atom. The topological polar surface area (TPSA) is 19.1 Å². The summed E-state index contributed by atoms with van der Waals surface area (Å²) in [5.41, 5.74) is 11.8. The van der Waals surface area contributed by atoms with Crippen LogP contribution in [0.15, 0.2) is 182 Å². The minimum atomic E-state index is 0.896. The molecule has 1 aliphatic rings. The van der Waals surface area contributed by atoms with Crippen LogP contribution < -0.4 is 4.74 Å². The van der Waals surface area contributed by atoms with Crippen LogP contribution in [0.2, 0.25) is 0 Å². The first kappa shape index (κ1) is 28.6. The molecule has 246 valence electrons. The molecule has 3 nitrogen and oxygen atoms in total. The molecule has 0 saturated carbocycles. The number of fused-ring (bicyclic) bond motifs is 10. The Morgan fingerprint density at radius 1 is 0.340 bits per heavy atom. The predicted octanol–water partition coefficient (Wildman–Crippen LogP) is 13.6. The van der Waals surface area contributed by atoms with E-state index in [1.807, 2.05) is 6.07 Å². The molecule has 2 aromatic heterocycles. The first-order valence-electron chi connectivity index (χ1n) is 18.2. The number of para-hydroxylation sites is 3. The van der Waals surface area contributed by atoms with Crippen LogP contribution in [-0.2, 0) is 0 Å². The first-order chi connectivity index (χ1) is 26.3. The van der Waals surface area contributed by atoms with Gasteiger partial charge in [-0.05, 0) is 76.0 Å². The van der Waals surface area contributed by atoms with E-state index in [0.717, 1.165) is 33.7 Å². The Labute approximate surface area is 305 Å². The second-order valence-electron chi connectivity index (χ2n) is 14.0. The van der Waals surface area contributed by atoms with Gasteiger partial charge in [-0.2, -0.15) is 0 Å². The molecule has 0 saturated heterocycles. The van der Waals surface area contributed by atoms with Crippen molar-refractivity contribution in [3.05, 3.63) is 182 Å². The molecule has 0 atom stereocenters. The van der Waals surface area contributed by atoms with Crippen molar-refractivity contribution in [2.75, 3.05) is 0 Å². The molecule has 0 spiro atoms. The molecule has 0 bridgehead atoms. The molecular formula is C50H30N2O. The third-order valence-electron chi connectivity index (χ3n) is 11.3. The van der Waals surface area contributed by atoms with Gasteiger partial charge in [-0.1, -0.05) is 127 Å². The van der Waals surface area contributed by atoms with E-state index in [4.69, 9.17) is 4.74 Å². The van der Waals surface area contributed by atoms with Crippen molar-refractivity contribution in [3.63, 3.8) is 0 Å². The lowest BCUT2D eigenvalue weighted by atomic mass is 9.92. The summed E-state index contributed by atoms with van der Waals surface area (Å²) in [7, 11) is 0. The quantitative estimate of drug-likeness (QED) is 0.183. The average molecular weight is 675 g/mol. The molecular weight excluding hydrogens is 645 g/mol. The lowest BCUT2D eigenvalue weighted by Crippen LogP contribution is -1.98. The van der Waals surface area contributed by atoms with Crippen molar-refractivity contribution in [1.29, 1.82) is 0 Å². The van der Waals surface area contributed by atoms with Crippen molar-refractivity contribution < 1.29 is 4.74 Å². The van der Waals surface area contributed by atoms with Gasteiger partial charge in [-0.3, -0.25) is 0 Å². The van der Waals surface area contributed by atoms with Gasteiger partial charge >= 0.3 is 0 Å². The van der Waals surface area contributed by atoms with E-state index in [0.29, 0.717) is 0 Å². The maximum absolute atomic E-state index is 6.68. The second-order valence-corrected chi connectivity index (χ2v) is 14.0. The number of hydrogen-bond acceptors (Lipinski definition) is 1. The molecule has 12 rings (SSSR count). The summed E-state index contributed by atoms with van der Waals surface area (Å²) in [6.07, 6.45) is 0. The largest absolute Gasteiger partial charge is 0.456 e. The molecule has 9 aromatic carbocycles. The highest BCUT2D eigenvalue weighted by Crippen LogP contribution is 2.51. The third kappa shape index (κ3) is 3.94. The Hall–Kier alpha value is -7.10. The minimum absolute atomic E-state index is 0.896. The predicted molar refractivity (Wildman–Crippen MR) is 221 cm³/mol. The number of rotatable bonds is 3. The van der Waals surface area contributed by atoms with Gasteiger partial charge in [0.15, 0.2) is 0 Å². The van der Waals surface area contributed by atoms with Crippen molar-refractivity contribution in [2.24, 2.45) is 0 Å². The molecule has 11 aromatic rings. The van der Waals surface area contributed by atoms with E-state index >= 15 is 0 Å². The van der Waals surface area contributed by atoms with Crippen molar-refractivity contribution >= 4 is 65.2 Å². The van der Waals surface area contributed by atoms with E-state index in [1.54, 1.807) is 0 Å². The maximum Gasteiger partial charge on any atom is 0.138 e. The average Bonchev–Trinajstić information content (AvgIpc) is 3.73. The summed E-state index contributed by atoms with van der Waals surface area (Å²) in [4.78, 5) is 0. The SMILES string of the molecule is c1ccc(-n2c3ccc(-c4cccc5c4c4ccccc4n5-c4cccc5ccccc45)cc3c3c4cccc5c4c(cc32)Oc2ccccc2-5)cc1. The van der Waals surface area contributed by atoms with Gasteiger partial charge in [0.1, 0.15) is 11.5 Å². The van der Waals surface area contributed by atoms with Crippen molar-refractivity contribution in [1.82, 2.24) is 9.13 Å². The number of hydrogen-bond donors (Lipinski definition) is 0. The fourth-order valence-corrected chi connectivity index (χ4v) is 9.10. The molecule has 0 amide bonds. The zero-order chi connectivity index (χ0) is 34.6. The Bertz CT molecular complexity index is 3310. The van der Waals surface area contributed by atoms with E-state index in [1.165, 1.54) is 76.6 Å². The maximum atomic E-state index is 6.68. The molecule has 0 unspecified atom stereocenters. The summed E-state index contributed by atoms with van der Waals surface area (Å²) in [5, 5.41) is 9.80. The van der Waals surface area contributed by atoms with Gasteiger partial charge in [-0.15, -0.1) is 0 Å². The van der Waals surface area contributed by atoms with Crippen LogP contribution in [0.5, 0.6) is 11.5 Å². The van der Waals surface area contributed by atoms with Crippen molar-refractivity contribution in [2.45, 2.75) is 0 Å². The zero-order valence-electron chi connectivity index (χ0n) is 28.6. The van der Waals surface area contributed by atoms with E-state index in [-0.39, 0.29) is 0 Å². The number of nitrogens with zero attached hydrogens (tertiary/aromatic N) is 2. The van der Waals surface area contributed by atoms with Crippen LogP contribution in [0, 0.1) is 0 Å². The summed E-state index contributed by atoms with van der Waals surface area (Å²) in [6.45, 7) is 0. The monoisotopic (exact) mass is 674 g/mol. The molecule has 3 heteroatoms. The van der Waals surface area contributed by atoms with Gasteiger partial charge in [-0.25, -0.2) is 0 Å². The van der Waals surface area contributed by atoms with Gasteiger partial charge < -0.3 is 13.9 Å². The second kappa shape index (κ2) is 10.7. The first-order valence-corrected chi connectivity index (χ1v) is 18.2. The van der Waals surface area contributed by atoms with Crippen LogP contribution in [0.1, 0.15) is 0 Å².